The lowest BCUT2D eigenvalue weighted by molar-refractivity contribution is -0.870. The first-order chi connectivity index (χ1) is 34.4. The van der Waals surface area contributed by atoms with Gasteiger partial charge in [-0.05, 0) is 51.0 Å². The second kappa shape index (κ2) is 52.0. The number of phosphoric acid groups is 1. The Morgan fingerprint density at radius 3 is 1.24 bits per heavy atom. The number of likely N-dealkylation sites (N-methyl/N-ethyl adjacent to an activating group) is 1. The molecule has 9 nitrogen and oxygen atoms in total. The highest BCUT2D eigenvalue weighted by Gasteiger charge is 2.27. The molecule has 1 amide bonds. The zero-order valence-corrected chi connectivity index (χ0v) is 48.8. The van der Waals surface area contributed by atoms with Gasteiger partial charge in [-0.15, -0.1) is 0 Å². The van der Waals surface area contributed by atoms with E-state index in [0.717, 1.165) is 83.5 Å². The van der Waals surface area contributed by atoms with Crippen molar-refractivity contribution in [3.63, 3.8) is 0 Å². The van der Waals surface area contributed by atoms with Crippen LogP contribution in [0.25, 0.3) is 0 Å². The molecule has 71 heavy (non-hydrogen) atoms. The van der Waals surface area contributed by atoms with Gasteiger partial charge in [-0.2, -0.15) is 0 Å². The summed E-state index contributed by atoms with van der Waals surface area (Å²) >= 11 is 0. The molecule has 0 aromatic rings. The molecular weight excluding hydrogens is 904 g/mol. The Morgan fingerprint density at radius 1 is 0.479 bits per heavy atom. The van der Waals surface area contributed by atoms with Gasteiger partial charge in [-0.3, -0.25) is 14.2 Å². The van der Waals surface area contributed by atoms with E-state index in [0.29, 0.717) is 17.4 Å². The molecule has 0 spiro atoms. The lowest BCUT2D eigenvalue weighted by Crippen LogP contribution is -2.47. The number of quaternary nitrogens is 1. The molecule has 0 saturated carbocycles. The summed E-state index contributed by atoms with van der Waals surface area (Å²) in [7, 11) is 1.19. The Bertz CT molecular complexity index is 1270. The Labute approximate surface area is 441 Å². The summed E-state index contributed by atoms with van der Waals surface area (Å²) in [4.78, 5) is 39.9. The van der Waals surface area contributed by atoms with Crippen LogP contribution in [-0.2, 0) is 27.9 Å². The maximum Gasteiger partial charge on any atom is 0.306 e. The molecular formula is C61H119N2O7P. The van der Waals surface area contributed by atoms with Crippen molar-refractivity contribution in [1.29, 1.82) is 0 Å². The zero-order valence-electron chi connectivity index (χ0n) is 48.0. The molecule has 1 N–H and O–H groups in total. The van der Waals surface area contributed by atoms with Crippen LogP contribution in [-0.4, -0.2) is 69.4 Å². The molecule has 0 heterocycles. The molecule has 10 heteroatoms. The van der Waals surface area contributed by atoms with Crippen LogP contribution < -0.4 is 10.2 Å². The fourth-order valence-electron chi connectivity index (χ4n) is 9.09. The molecule has 0 aromatic carbocycles. The summed E-state index contributed by atoms with van der Waals surface area (Å²) in [5, 5.41) is 3.03. The molecule has 3 unspecified atom stereocenters. The zero-order chi connectivity index (χ0) is 52.2. The monoisotopic (exact) mass is 1020 g/mol. The Kier molecular flexibility index (Phi) is 50.8. The molecule has 0 aromatic heterocycles. The molecule has 0 radical (unpaired) electrons. The molecule has 0 fully saturated rings. The summed E-state index contributed by atoms with van der Waals surface area (Å²) < 4.78 is 30.3. The van der Waals surface area contributed by atoms with E-state index in [9.17, 15) is 19.0 Å². The van der Waals surface area contributed by atoms with Crippen LogP contribution in [0.5, 0.6) is 0 Å². The highest BCUT2D eigenvalue weighted by molar-refractivity contribution is 7.45. The van der Waals surface area contributed by atoms with Gasteiger partial charge in [0, 0.05) is 12.8 Å². The van der Waals surface area contributed by atoms with Gasteiger partial charge in [-0.1, -0.05) is 264 Å². The minimum absolute atomic E-state index is 0.0201. The number of phosphoric ester groups is 1. The number of unbranched alkanes of at least 4 members (excludes halogenated alkanes) is 38. The van der Waals surface area contributed by atoms with Crippen molar-refractivity contribution in [3.05, 3.63) is 24.3 Å². The fraction of sp³-hybridized carbons (Fsp3) is 0.902. The van der Waals surface area contributed by atoms with E-state index in [-0.39, 0.29) is 31.5 Å². The first-order valence-electron chi connectivity index (χ1n) is 30.6. The van der Waals surface area contributed by atoms with E-state index < -0.39 is 20.0 Å². The smallest absolute Gasteiger partial charge is 0.306 e. The van der Waals surface area contributed by atoms with Gasteiger partial charge in [0.25, 0.3) is 7.82 Å². The average Bonchev–Trinajstić information content (AvgIpc) is 3.33. The number of esters is 1. The Balaban J connectivity index is 5.16. The summed E-state index contributed by atoms with van der Waals surface area (Å²) in [5.41, 5.74) is 0. The summed E-state index contributed by atoms with van der Waals surface area (Å²) in [6, 6.07) is -0.885. The van der Waals surface area contributed by atoms with Crippen molar-refractivity contribution in [2.24, 2.45) is 0 Å². The average molecular weight is 1020 g/mol. The molecule has 3 atom stereocenters. The highest BCUT2D eigenvalue weighted by Crippen LogP contribution is 2.38. The molecule has 0 aliphatic heterocycles. The van der Waals surface area contributed by atoms with Crippen molar-refractivity contribution in [1.82, 2.24) is 5.32 Å². The molecule has 0 bridgehead atoms. The van der Waals surface area contributed by atoms with Crippen molar-refractivity contribution in [3.8, 4) is 0 Å². The third kappa shape index (κ3) is 53.1. The standard InChI is InChI=1S/C61H119N2O7P/c1-7-10-13-16-19-22-25-27-28-29-30-31-32-33-34-36-39-41-44-47-50-53-60(64)62-58(57-69-71(66,67)68-56-55-63(4,5)6)59(52-49-46-43-40-38-35-26-23-20-17-14-11-8-2)70-61(65)54-51-48-45-42-37-24-21-18-15-12-9-3/h18,21,49,52,58-59H,7-17,19-20,22-48,50-51,53-57H2,1-6H3,(H-,62,64,66,67)/b21-18-,52-49+. The summed E-state index contributed by atoms with van der Waals surface area (Å²) in [6.45, 7) is 6.84. The largest absolute Gasteiger partial charge is 0.756 e. The summed E-state index contributed by atoms with van der Waals surface area (Å²) in [5.74, 6) is -0.538. The predicted octanol–water partition coefficient (Wildman–Crippen LogP) is 17.9. The number of hydrogen-bond donors (Lipinski definition) is 1. The fourth-order valence-corrected chi connectivity index (χ4v) is 9.82. The van der Waals surface area contributed by atoms with E-state index in [1.165, 1.54) is 186 Å². The van der Waals surface area contributed by atoms with Gasteiger partial charge in [0.2, 0.25) is 5.91 Å². The van der Waals surface area contributed by atoms with Gasteiger partial charge >= 0.3 is 5.97 Å². The van der Waals surface area contributed by atoms with E-state index in [4.69, 9.17) is 13.8 Å². The minimum atomic E-state index is -4.69. The van der Waals surface area contributed by atoms with Crippen LogP contribution in [0.3, 0.4) is 0 Å². The lowest BCUT2D eigenvalue weighted by Gasteiger charge is -2.30. The second-order valence-electron chi connectivity index (χ2n) is 22.2. The van der Waals surface area contributed by atoms with E-state index in [2.05, 4.69) is 38.2 Å². The van der Waals surface area contributed by atoms with Gasteiger partial charge < -0.3 is 28.5 Å². The number of carbonyl (C=O) groups is 2. The van der Waals surface area contributed by atoms with Gasteiger partial charge in [0.05, 0.1) is 33.8 Å². The Morgan fingerprint density at radius 2 is 0.831 bits per heavy atom. The summed E-state index contributed by atoms with van der Waals surface area (Å²) in [6.07, 6.45) is 60.0. The van der Waals surface area contributed by atoms with Crippen LogP contribution in [0, 0.1) is 0 Å². The number of ether oxygens (including phenoxy) is 1. The number of nitrogens with zero attached hydrogens (tertiary/aromatic N) is 1. The van der Waals surface area contributed by atoms with Crippen molar-refractivity contribution < 1.29 is 37.3 Å². The third-order valence-corrected chi connectivity index (χ3v) is 14.8. The van der Waals surface area contributed by atoms with Crippen LogP contribution in [0.1, 0.15) is 303 Å². The van der Waals surface area contributed by atoms with Crippen LogP contribution in [0.15, 0.2) is 24.3 Å². The van der Waals surface area contributed by atoms with Gasteiger partial charge in [-0.25, -0.2) is 0 Å². The quantitative estimate of drug-likeness (QED) is 0.0212. The maximum atomic E-state index is 13.5. The Hall–Kier alpha value is -1.51. The first-order valence-corrected chi connectivity index (χ1v) is 32.1. The number of allylic oxidation sites excluding steroid dienone is 3. The van der Waals surface area contributed by atoms with Gasteiger partial charge in [0.1, 0.15) is 19.3 Å². The molecule has 0 aliphatic rings. The number of hydrogen-bond acceptors (Lipinski definition) is 7. The van der Waals surface area contributed by atoms with E-state index >= 15 is 0 Å². The van der Waals surface area contributed by atoms with E-state index in [1.54, 1.807) is 0 Å². The lowest BCUT2D eigenvalue weighted by atomic mass is 10.0. The highest BCUT2D eigenvalue weighted by atomic mass is 31.2. The third-order valence-electron chi connectivity index (χ3n) is 13.9. The molecule has 0 saturated heterocycles. The predicted molar refractivity (Wildman–Crippen MR) is 303 cm³/mol. The molecule has 0 aliphatic carbocycles. The molecule has 420 valence electrons. The topological polar surface area (TPSA) is 114 Å². The maximum absolute atomic E-state index is 13.5. The van der Waals surface area contributed by atoms with Crippen LogP contribution >= 0.6 is 7.82 Å². The number of carbonyl (C=O) groups excluding carboxylic acids is 2. The second-order valence-corrected chi connectivity index (χ2v) is 23.6. The normalized spacial score (nSPS) is 13.8. The van der Waals surface area contributed by atoms with Crippen LogP contribution in [0.2, 0.25) is 0 Å². The first kappa shape index (κ1) is 69.5. The number of rotatable bonds is 56. The minimum Gasteiger partial charge on any atom is -0.756 e. The molecule has 0 rings (SSSR count). The van der Waals surface area contributed by atoms with Crippen molar-refractivity contribution in [2.75, 3.05) is 40.9 Å². The van der Waals surface area contributed by atoms with Crippen molar-refractivity contribution >= 4 is 19.7 Å². The van der Waals surface area contributed by atoms with Crippen molar-refractivity contribution in [2.45, 2.75) is 315 Å². The van der Waals surface area contributed by atoms with Crippen LogP contribution in [0.4, 0.5) is 0 Å². The SMILES string of the molecule is CCCC/C=C\CCCCCCCC(=O)OC(/C=C/CCCCCCCCCCCCC)C(COP(=O)([O-])OCC[N+](C)(C)C)NC(=O)CCCCCCCCCCCCCCCCCCCCCCC. The number of nitrogens with one attached hydrogen (secondary N) is 1. The van der Waals surface area contributed by atoms with E-state index in [1.807, 2.05) is 33.3 Å². The number of amides is 1. The van der Waals surface area contributed by atoms with Gasteiger partial charge in [0.15, 0.2) is 0 Å².